The standard InChI is InChI=1S/C7H9N3O2/c11-4-6-1-2-8-7(3-6)9-5-10-12/h1-3,5,11-12H,4H2,(H,8,9,10). The van der Waals surface area contributed by atoms with E-state index in [1.807, 2.05) is 0 Å². The second-order valence-electron chi connectivity index (χ2n) is 2.07. The van der Waals surface area contributed by atoms with Crippen LogP contribution < -0.4 is 5.48 Å². The molecular formula is C7H9N3O2. The van der Waals surface area contributed by atoms with Crippen LogP contribution in [0.4, 0.5) is 5.82 Å². The molecule has 0 amide bonds. The summed E-state index contributed by atoms with van der Waals surface area (Å²) >= 11 is 0. The van der Waals surface area contributed by atoms with E-state index in [1.54, 1.807) is 17.6 Å². The van der Waals surface area contributed by atoms with Crippen molar-refractivity contribution in [2.45, 2.75) is 6.61 Å². The molecule has 0 aromatic carbocycles. The molecule has 5 heteroatoms. The van der Waals surface area contributed by atoms with Gasteiger partial charge < -0.3 is 5.11 Å². The molecule has 5 nitrogen and oxygen atoms in total. The lowest BCUT2D eigenvalue weighted by molar-refractivity contribution is 0.240. The Labute approximate surface area is 69.4 Å². The molecule has 0 saturated heterocycles. The zero-order chi connectivity index (χ0) is 8.81. The number of nitrogens with one attached hydrogen (secondary N) is 1. The molecule has 0 atom stereocenters. The second-order valence-corrected chi connectivity index (χ2v) is 2.07. The molecule has 0 radical (unpaired) electrons. The normalized spacial score (nSPS) is 10.5. The SMILES string of the molecule is OCc1ccnc(N=CNO)c1. The highest BCUT2D eigenvalue weighted by molar-refractivity contribution is 5.57. The highest BCUT2D eigenvalue weighted by Gasteiger charge is 1.92. The summed E-state index contributed by atoms with van der Waals surface area (Å²) in [4.78, 5) is 7.59. The van der Waals surface area contributed by atoms with E-state index in [2.05, 4.69) is 9.98 Å². The molecule has 0 aliphatic carbocycles. The third-order valence-corrected chi connectivity index (χ3v) is 1.25. The highest BCUT2D eigenvalue weighted by atomic mass is 16.5. The van der Waals surface area contributed by atoms with Crippen molar-refractivity contribution < 1.29 is 10.3 Å². The third-order valence-electron chi connectivity index (χ3n) is 1.25. The van der Waals surface area contributed by atoms with Gasteiger partial charge in [0.25, 0.3) is 0 Å². The van der Waals surface area contributed by atoms with Gasteiger partial charge in [0.05, 0.1) is 6.61 Å². The number of rotatable bonds is 3. The maximum absolute atomic E-state index is 8.74. The van der Waals surface area contributed by atoms with Gasteiger partial charge in [-0.1, -0.05) is 0 Å². The molecule has 1 aromatic heterocycles. The number of aliphatic hydroxyl groups excluding tert-OH is 1. The van der Waals surface area contributed by atoms with E-state index in [0.29, 0.717) is 5.82 Å². The van der Waals surface area contributed by atoms with Crippen molar-refractivity contribution >= 4 is 12.2 Å². The summed E-state index contributed by atoms with van der Waals surface area (Å²) in [7, 11) is 0. The third kappa shape index (κ3) is 2.30. The molecular weight excluding hydrogens is 158 g/mol. The van der Waals surface area contributed by atoms with Crippen molar-refractivity contribution in [2.75, 3.05) is 0 Å². The number of hydrogen-bond acceptors (Lipinski definition) is 4. The number of hydroxylamine groups is 1. The summed E-state index contributed by atoms with van der Waals surface area (Å²) in [5.41, 5.74) is 2.49. The average molecular weight is 167 g/mol. The zero-order valence-electron chi connectivity index (χ0n) is 6.31. The fourth-order valence-electron chi connectivity index (χ4n) is 0.725. The molecule has 0 fully saturated rings. The fourth-order valence-corrected chi connectivity index (χ4v) is 0.725. The van der Waals surface area contributed by atoms with E-state index < -0.39 is 0 Å². The van der Waals surface area contributed by atoms with Gasteiger partial charge in [-0.25, -0.2) is 9.98 Å². The number of hydrogen-bond donors (Lipinski definition) is 3. The summed E-state index contributed by atoms with van der Waals surface area (Å²) in [6.07, 6.45) is 2.64. The Hall–Kier alpha value is -1.46. The highest BCUT2D eigenvalue weighted by Crippen LogP contribution is 2.08. The quantitative estimate of drug-likeness (QED) is 0.341. The van der Waals surface area contributed by atoms with Gasteiger partial charge in [0.1, 0.15) is 6.34 Å². The minimum Gasteiger partial charge on any atom is -0.392 e. The van der Waals surface area contributed by atoms with Crippen LogP contribution in [0.1, 0.15) is 5.56 Å². The van der Waals surface area contributed by atoms with Gasteiger partial charge in [0, 0.05) is 6.20 Å². The molecule has 3 N–H and O–H groups in total. The monoisotopic (exact) mass is 167 g/mol. The maximum atomic E-state index is 8.74. The Kier molecular flexibility index (Phi) is 3.18. The van der Waals surface area contributed by atoms with E-state index in [1.165, 1.54) is 6.20 Å². The van der Waals surface area contributed by atoms with Gasteiger partial charge >= 0.3 is 0 Å². The molecule has 0 unspecified atom stereocenters. The second kappa shape index (κ2) is 4.42. The van der Waals surface area contributed by atoms with Crippen LogP contribution >= 0.6 is 0 Å². The Balaban J connectivity index is 2.79. The van der Waals surface area contributed by atoms with Crippen LogP contribution in [0, 0.1) is 0 Å². The number of nitrogens with zero attached hydrogens (tertiary/aromatic N) is 2. The van der Waals surface area contributed by atoms with Crippen LogP contribution in [0.3, 0.4) is 0 Å². The molecule has 0 saturated carbocycles. The lowest BCUT2D eigenvalue weighted by Crippen LogP contribution is -2.01. The van der Waals surface area contributed by atoms with Crippen LogP contribution in [0.25, 0.3) is 0 Å². The first-order valence-electron chi connectivity index (χ1n) is 3.35. The Morgan fingerprint density at radius 1 is 1.67 bits per heavy atom. The lowest BCUT2D eigenvalue weighted by atomic mass is 10.3. The molecule has 12 heavy (non-hydrogen) atoms. The van der Waals surface area contributed by atoms with Crippen molar-refractivity contribution in [3.63, 3.8) is 0 Å². The number of aliphatic hydroxyl groups is 1. The first-order valence-corrected chi connectivity index (χ1v) is 3.35. The van der Waals surface area contributed by atoms with Gasteiger partial charge in [-0.2, -0.15) is 0 Å². The summed E-state index contributed by atoms with van der Waals surface area (Å²) in [6, 6.07) is 3.30. The number of aromatic nitrogens is 1. The van der Waals surface area contributed by atoms with E-state index >= 15 is 0 Å². The number of aliphatic imine (C=N–C) groups is 1. The predicted molar refractivity (Wildman–Crippen MR) is 43.2 cm³/mol. The summed E-state index contributed by atoms with van der Waals surface area (Å²) < 4.78 is 0. The van der Waals surface area contributed by atoms with Crippen LogP contribution in [-0.2, 0) is 6.61 Å². The van der Waals surface area contributed by atoms with Crippen LogP contribution in [0.2, 0.25) is 0 Å². The minimum atomic E-state index is -0.0441. The summed E-state index contributed by atoms with van der Waals surface area (Å²) in [5, 5.41) is 16.9. The molecule has 1 rings (SSSR count). The average Bonchev–Trinajstić information content (AvgIpc) is 2.15. The van der Waals surface area contributed by atoms with E-state index in [-0.39, 0.29) is 6.61 Å². The van der Waals surface area contributed by atoms with Crippen molar-refractivity contribution in [2.24, 2.45) is 4.99 Å². The molecule has 0 aliphatic heterocycles. The largest absolute Gasteiger partial charge is 0.392 e. The Bertz CT molecular complexity index is 275. The predicted octanol–water partition coefficient (Wildman–Crippen LogP) is 0.213. The van der Waals surface area contributed by atoms with Gasteiger partial charge in [0.15, 0.2) is 5.82 Å². The number of pyridine rings is 1. The zero-order valence-corrected chi connectivity index (χ0v) is 6.31. The van der Waals surface area contributed by atoms with Crippen molar-refractivity contribution in [1.29, 1.82) is 0 Å². The Morgan fingerprint density at radius 2 is 2.50 bits per heavy atom. The van der Waals surface area contributed by atoms with Crippen LogP contribution in [0.5, 0.6) is 0 Å². The van der Waals surface area contributed by atoms with E-state index in [4.69, 9.17) is 10.3 Å². The molecule has 0 bridgehead atoms. The van der Waals surface area contributed by atoms with Gasteiger partial charge in [0.2, 0.25) is 0 Å². The minimum absolute atomic E-state index is 0.0441. The van der Waals surface area contributed by atoms with Crippen molar-refractivity contribution in [3.8, 4) is 0 Å². The Morgan fingerprint density at radius 3 is 3.17 bits per heavy atom. The van der Waals surface area contributed by atoms with Crippen molar-refractivity contribution in [3.05, 3.63) is 23.9 Å². The molecule has 64 valence electrons. The van der Waals surface area contributed by atoms with Crippen LogP contribution in [-0.4, -0.2) is 21.6 Å². The fraction of sp³-hybridized carbons (Fsp3) is 0.143. The molecule has 0 aliphatic rings. The van der Waals surface area contributed by atoms with E-state index in [9.17, 15) is 0 Å². The molecule has 1 aromatic rings. The van der Waals surface area contributed by atoms with Gasteiger partial charge in [-0.15, -0.1) is 0 Å². The first-order chi connectivity index (χ1) is 5.86. The molecule has 0 spiro atoms. The maximum Gasteiger partial charge on any atom is 0.153 e. The van der Waals surface area contributed by atoms with Gasteiger partial charge in [-0.05, 0) is 17.7 Å². The van der Waals surface area contributed by atoms with Gasteiger partial charge in [-0.3, -0.25) is 10.7 Å². The first kappa shape index (κ1) is 8.63. The smallest absolute Gasteiger partial charge is 0.153 e. The van der Waals surface area contributed by atoms with Crippen LogP contribution in [0.15, 0.2) is 23.3 Å². The topological polar surface area (TPSA) is 77.7 Å². The summed E-state index contributed by atoms with van der Waals surface area (Å²) in [6.45, 7) is -0.0441. The summed E-state index contributed by atoms with van der Waals surface area (Å²) in [5.74, 6) is 0.433. The van der Waals surface area contributed by atoms with Crippen molar-refractivity contribution in [1.82, 2.24) is 10.5 Å². The lowest BCUT2D eigenvalue weighted by Gasteiger charge is -1.95. The molecule has 1 heterocycles. The van der Waals surface area contributed by atoms with E-state index in [0.717, 1.165) is 11.9 Å².